The van der Waals surface area contributed by atoms with Crippen LogP contribution >= 0.6 is 11.6 Å². The van der Waals surface area contributed by atoms with Gasteiger partial charge < -0.3 is 25.2 Å². The van der Waals surface area contributed by atoms with Gasteiger partial charge >= 0.3 is 0 Å². The first-order valence-electron chi connectivity index (χ1n) is 9.03. The third-order valence-corrected chi connectivity index (χ3v) is 5.24. The predicted molar refractivity (Wildman–Crippen MR) is 105 cm³/mol. The maximum atomic E-state index is 15.2. The van der Waals surface area contributed by atoms with Gasteiger partial charge in [-0.15, -0.1) is 0 Å². The van der Waals surface area contributed by atoms with Gasteiger partial charge in [-0.1, -0.05) is 23.7 Å². The summed E-state index contributed by atoms with van der Waals surface area (Å²) in [7, 11) is 0. The van der Waals surface area contributed by atoms with Gasteiger partial charge in [0, 0.05) is 39.3 Å². The van der Waals surface area contributed by atoms with Crippen molar-refractivity contribution in [3.8, 4) is 0 Å². The number of benzene rings is 1. The lowest BCUT2D eigenvalue weighted by Crippen LogP contribution is -2.47. The van der Waals surface area contributed by atoms with Gasteiger partial charge in [-0.2, -0.15) is 14.4 Å². The van der Waals surface area contributed by atoms with Crippen LogP contribution in [0.15, 0.2) is 24.3 Å². The molecule has 0 saturated carbocycles. The van der Waals surface area contributed by atoms with Crippen molar-refractivity contribution in [2.45, 2.75) is 0 Å². The highest BCUT2D eigenvalue weighted by Gasteiger charge is 2.27. The maximum Gasteiger partial charge on any atom is 0.224 e. The summed E-state index contributed by atoms with van der Waals surface area (Å²) in [6.45, 7) is 4.98. The van der Waals surface area contributed by atoms with Crippen molar-refractivity contribution < 1.29 is 9.13 Å². The number of para-hydroxylation sites is 1. The van der Waals surface area contributed by atoms with E-state index in [0.29, 0.717) is 39.4 Å². The number of piperazine rings is 1. The van der Waals surface area contributed by atoms with E-state index in [2.05, 4.69) is 14.9 Å². The minimum absolute atomic E-state index is 0.0847. The van der Waals surface area contributed by atoms with E-state index in [-0.39, 0.29) is 17.6 Å². The largest absolute Gasteiger partial charge is 0.378 e. The van der Waals surface area contributed by atoms with Crippen molar-refractivity contribution in [3.05, 3.63) is 35.1 Å². The number of nitrogen functional groups attached to an aromatic ring is 1. The molecule has 7 nitrogen and oxygen atoms in total. The molecule has 0 atom stereocenters. The van der Waals surface area contributed by atoms with Gasteiger partial charge in [-0.05, 0) is 12.1 Å². The van der Waals surface area contributed by atoms with Crippen molar-refractivity contribution in [2.75, 3.05) is 72.9 Å². The topological polar surface area (TPSA) is 70.8 Å². The normalized spacial score (nSPS) is 18.1. The molecule has 0 unspecified atom stereocenters. The summed E-state index contributed by atoms with van der Waals surface area (Å²) >= 11 is 6.30. The molecule has 0 amide bonds. The fourth-order valence-electron chi connectivity index (χ4n) is 3.50. The smallest absolute Gasteiger partial charge is 0.224 e. The second kappa shape index (κ2) is 7.74. The quantitative estimate of drug-likeness (QED) is 0.856. The number of ether oxygens (including phenoxy) is 1. The van der Waals surface area contributed by atoms with Crippen molar-refractivity contribution in [1.82, 2.24) is 9.97 Å². The van der Waals surface area contributed by atoms with Gasteiger partial charge in [-0.3, -0.25) is 0 Å². The van der Waals surface area contributed by atoms with Gasteiger partial charge in [-0.25, -0.2) is 0 Å². The molecule has 2 aliphatic heterocycles. The Morgan fingerprint density at radius 1 is 0.889 bits per heavy atom. The number of anilines is 4. The zero-order valence-corrected chi connectivity index (χ0v) is 15.7. The molecular weight excluding hydrogens is 371 g/mol. The van der Waals surface area contributed by atoms with Crippen LogP contribution in [-0.4, -0.2) is 62.5 Å². The fraction of sp³-hybridized carbons (Fsp3) is 0.444. The maximum absolute atomic E-state index is 15.2. The van der Waals surface area contributed by atoms with Crippen LogP contribution in [0, 0.1) is 5.82 Å². The summed E-state index contributed by atoms with van der Waals surface area (Å²) in [5.41, 5.74) is 6.87. The first-order valence-corrected chi connectivity index (χ1v) is 9.41. The van der Waals surface area contributed by atoms with Crippen LogP contribution in [-0.2, 0) is 4.74 Å². The third kappa shape index (κ3) is 3.72. The van der Waals surface area contributed by atoms with Crippen molar-refractivity contribution in [2.24, 2.45) is 0 Å². The molecule has 1 aromatic carbocycles. The van der Waals surface area contributed by atoms with Gasteiger partial charge in [0.05, 0.1) is 23.9 Å². The Balaban J connectivity index is 1.53. The Morgan fingerprint density at radius 2 is 1.44 bits per heavy atom. The molecule has 0 radical (unpaired) electrons. The van der Waals surface area contributed by atoms with Gasteiger partial charge in [0.25, 0.3) is 0 Å². The minimum Gasteiger partial charge on any atom is -0.378 e. The lowest BCUT2D eigenvalue weighted by Gasteiger charge is -2.37. The monoisotopic (exact) mass is 392 g/mol. The van der Waals surface area contributed by atoms with Crippen LogP contribution in [0.25, 0.3) is 0 Å². The molecule has 2 aliphatic rings. The molecule has 4 rings (SSSR count). The average Bonchev–Trinajstić information content (AvgIpc) is 2.71. The molecule has 2 aromatic rings. The van der Waals surface area contributed by atoms with Gasteiger partial charge in [0.2, 0.25) is 11.8 Å². The predicted octanol–water partition coefficient (Wildman–Crippen LogP) is 2.01. The van der Waals surface area contributed by atoms with Crippen LogP contribution in [0.2, 0.25) is 5.02 Å². The lowest BCUT2D eigenvalue weighted by molar-refractivity contribution is 0.122. The Kier molecular flexibility index (Phi) is 5.18. The first-order chi connectivity index (χ1) is 13.1. The van der Waals surface area contributed by atoms with Crippen LogP contribution < -0.4 is 20.4 Å². The third-order valence-electron chi connectivity index (χ3n) is 4.92. The number of rotatable bonds is 3. The molecule has 1 aromatic heterocycles. The van der Waals surface area contributed by atoms with E-state index >= 15 is 4.39 Å². The lowest BCUT2D eigenvalue weighted by atomic mass is 10.2. The zero-order valence-electron chi connectivity index (χ0n) is 14.9. The first kappa shape index (κ1) is 18.1. The van der Waals surface area contributed by atoms with Crippen molar-refractivity contribution in [3.63, 3.8) is 0 Å². The van der Waals surface area contributed by atoms with Gasteiger partial charge in [0.1, 0.15) is 0 Å². The molecule has 2 fully saturated rings. The second-order valence-electron chi connectivity index (χ2n) is 6.57. The second-order valence-corrected chi connectivity index (χ2v) is 6.98. The number of halogens is 2. The summed E-state index contributed by atoms with van der Waals surface area (Å²) in [6, 6.07) is 7.75. The number of hydrogen-bond donors (Lipinski definition) is 1. The van der Waals surface area contributed by atoms with Crippen LogP contribution in [0.3, 0.4) is 0 Å². The molecule has 2 N–H and O–H groups in total. The highest BCUT2D eigenvalue weighted by Crippen LogP contribution is 2.30. The standard InChI is InChI=1S/C18H22ClFN6O/c19-13-3-1-2-4-14(13)24-5-7-25(8-6-24)16-15(20)17(23-18(21)22-16)26-9-11-27-12-10-26/h1-4H,5-12H2,(H2,21,22,23). The number of nitrogens with zero attached hydrogens (tertiary/aromatic N) is 5. The molecule has 144 valence electrons. The van der Waals surface area contributed by atoms with E-state index < -0.39 is 5.82 Å². The number of nitrogens with two attached hydrogens (primary N) is 1. The van der Waals surface area contributed by atoms with Gasteiger partial charge in [0.15, 0.2) is 11.6 Å². The Morgan fingerprint density at radius 3 is 2.07 bits per heavy atom. The zero-order chi connectivity index (χ0) is 18.8. The van der Waals surface area contributed by atoms with E-state index in [4.69, 9.17) is 22.1 Å². The van der Waals surface area contributed by atoms with Crippen molar-refractivity contribution in [1.29, 1.82) is 0 Å². The molecular formula is C18H22ClFN6O. The molecule has 0 aliphatic carbocycles. The Labute approximate surface area is 162 Å². The Bertz CT molecular complexity index is 808. The summed E-state index contributed by atoms with van der Waals surface area (Å²) in [5.74, 6) is 0.191. The molecule has 3 heterocycles. The van der Waals surface area contributed by atoms with E-state index in [0.717, 1.165) is 23.8 Å². The summed E-state index contributed by atoms with van der Waals surface area (Å²) in [5, 5.41) is 0.720. The molecule has 0 bridgehead atoms. The molecule has 27 heavy (non-hydrogen) atoms. The van der Waals surface area contributed by atoms with Crippen LogP contribution in [0.1, 0.15) is 0 Å². The van der Waals surface area contributed by atoms with E-state index in [1.165, 1.54) is 0 Å². The SMILES string of the molecule is Nc1nc(N2CCOCC2)c(F)c(N2CCN(c3ccccc3Cl)CC2)n1. The fourth-order valence-corrected chi connectivity index (χ4v) is 3.76. The molecule has 9 heteroatoms. The summed E-state index contributed by atoms with van der Waals surface area (Å²) < 4.78 is 20.5. The van der Waals surface area contributed by atoms with Crippen molar-refractivity contribution >= 4 is 34.9 Å². The highest BCUT2D eigenvalue weighted by molar-refractivity contribution is 6.33. The molecule has 2 saturated heterocycles. The summed E-state index contributed by atoms with van der Waals surface area (Å²) in [4.78, 5) is 14.3. The summed E-state index contributed by atoms with van der Waals surface area (Å²) in [6.07, 6.45) is 0. The van der Waals surface area contributed by atoms with Crippen LogP contribution in [0.5, 0.6) is 0 Å². The number of aromatic nitrogens is 2. The minimum atomic E-state index is -0.419. The van der Waals surface area contributed by atoms with E-state index in [9.17, 15) is 0 Å². The Hall–Kier alpha value is -2.32. The number of hydrogen-bond acceptors (Lipinski definition) is 7. The van der Waals surface area contributed by atoms with E-state index in [1.54, 1.807) is 0 Å². The van der Waals surface area contributed by atoms with Crippen LogP contribution in [0.4, 0.5) is 27.7 Å². The van der Waals surface area contributed by atoms with E-state index in [1.807, 2.05) is 34.1 Å². The molecule has 0 spiro atoms. The number of morpholine rings is 1. The average molecular weight is 393 g/mol. The highest BCUT2D eigenvalue weighted by atomic mass is 35.5.